The molecule has 0 bridgehead atoms. The number of hydrogen-bond acceptors (Lipinski definition) is 5. The number of halogens is 2. The first kappa shape index (κ1) is 19.2. The van der Waals surface area contributed by atoms with Gasteiger partial charge < -0.3 is 5.73 Å². The first-order valence-electron chi connectivity index (χ1n) is 8.58. The van der Waals surface area contributed by atoms with E-state index in [2.05, 4.69) is 21.4 Å². The Morgan fingerprint density at radius 1 is 1.21 bits per heavy atom. The van der Waals surface area contributed by atoms with Crippen LogP contribution in [0, 0.1) is 11.3 Å². The Morgan fingerprint density at radius 3 is 2.72 bits per heavy atom. The lowest BCUT2D eigenvalue weighted by Gasteiger charge is -2.11. The second-order valence-corrected chi connectivity index (χ2v) is 7.26. The highest BCUT2D eigenvalue weighted by molar-refractivity contribution is 6.36. The maximum atomic E-state index is 12.1. The molecule has 0 saturated heterocycles. The Balaban J connectivity index is 2.01. The van der Waals surface area contributed by atoms with Gasteiger partial charge in [-0.15, -0.1) is 0 Å². The molecule has 4 rings (SSSR count). The summed E-state index contributed by atoms with van der Waals surface area (Å²) in [7, 11) is 1.77. The molecule has 9 heteroatoms. The number of nitrogens with two attached hydrogens (primary N) is 1. The van der Waals surface area contributed by atoms with E-state index in [1.165, 1.54) is 6.07 Å². The molecule has 0 saturated carbocycles. The average Bonchev–Trinajstić information content (AvgIpc) is 3.09. The van der Waals surface area contributed by atoms with Crippen LogP contribution in [0.15, 0.2) is 41.3 Å². The van der Waals surface area contributed by atoms with Crippen LogP contribution in [-0.4, -0.2) is 20.0 Å². The minimum Gasteiger partial charge on any atom is -0.325 e. The minimum atomic E-state index is -0.288. The molecule has 7 nitrogen and oxygen atoms in total. The Bertz CT molecular complexity index is 1370. The first-order chi connectivity index (χ1) is 13.9. The molecule has 144 valence electrons. The normalized spacial score (nSPS) is 11.0. The van der Waals surface area contributed by atoms with Crippen molar-refractivity contribution < 1.29 is 0 Å². The van der Waals surface area contributed by atoms with Crippen molar-refractivity contribution in [3.63, 3.8) is 0 Å². The van der Waals surface area contributed by atoms with Crippen LogP contribution in [0.1, 0.15) is 11.3 Å². The number of aromatic nitrogens is 4. The monoisotopic (exact) mass is 424 g/mol. The second kappa shape index (κ2) is 7.33. The Labute approximate surface area is 175 Å². The Kier molecular flexibility index (Phi) is 4.84. The molecule has 2 aromatic heterocycles. The number of nitrogens with zero attached hydrogens (tertiary/aromatic N) is 4. The van der Waals surface area contributed by atoms with Crippen molar-refractivity contribution >= 4 is 34.0 Å². The molecule has 0 spiro atoms. The van der Waals surface area contributed by atoms with Crippen molar-refractivity contribution in [1.29, 1.82) is 5.26 Å². The van der Waals surface area contributed by atoms with E-state index in [-0.39, 0.29) is 17.1 Å². The van der Waals surface area contributed by atoms with Crippen molar-refractivity contribution in [2.75, 3.05) is 0 Å². The summed E-state index contributed by atoms with van der Waals surface area (Å²) in [5.41, 5.74) is 9.18. The van der Waals surface area contributed by atoms with Crippen LogP contribution >= 0.6 is 23.2 Å². The van der Waals surface area contributed by atoms with Crippen LogP contribution in [-0.2, 0) is 13.6 Å². The first-order valence-corrected chi connectivity index (χ1v) is 9.33. The van der Waals surface area contributed by atoms with E-state index in [0.29, 0.717) is 38.3 Å². The fraction of sp³-hybridized carbons (Fsp3) is 0.100. The number of H-pyrrole nitrogens is 1. The van der Waals surface area contributed by atoms with Gasteiger partial charge in [-0.3, -0.25) is 9.48 Å². The fourth-order valence-electron chi connectivity index (χ4n) is 3.39. The average molecular weight is 425 g/mol. The van der Waals surface area contributed by atoms with Crippen LogP contribution in [0.4, 0.5) is 0 Å². The van der Waals surface area contributed by atoms with Crippen LogP contribution in [0.3, 0.4) is 0 Å². The fourth-order valence-corrected chi connectivity index (χ4v) is 3.92. The molecule has 0 fully saturated rings. The van der Waals surface area contributed by atoms with Gasteiger partial charge in [-0.25, -0.2) is 5.10 Å². The SMILES string of the molecule is Cn1ncc(-c2ccc3c(=O)[nH]nc(CN)c3c2)c1-c1cc(Cl)cc(Cl)c1C#N. The van der Waals surface area contributed by atoms with Gasteiger partial charge in [0.05, 0.1) is 33.6 Å². The van der Waals surface area contributed by atoms with E-state index < -0.39 is 0 Å². The molecule has 0 aliphatic carbocycles. The summed E-state index contributed by atoms with van der Waals surface area (Å²) < 4.78 is 1.66. The quantitative estimate of drug-likeness (QED) is 0.521. The van der Waals surface area contributed by atoms with Gasteiger partial charge in [-0.1, -0.05) is 29.3 Å². The predicted molar refractivity (Wildman–Crippen MR) is 113 cm³/mol. The van der Waals surface area contributed by atoms with Gasteiger partial charge in [0.1, 0.15) is 6.07 Å². The summed E-state index contributed by atoms with van der Waals surface area (Å²) in [6, 6.07) is 10.7. The largest absolute Gasteiger partial charge is 0.325 e. The zero-order chi connectivity index (χ0) is 20.7. The van der Waals surface area contributed by atoms with Crippen LogP contribution in [0.5, 0.6) is 0 Å². The zero-order valence-corrected chi connectivity index (χ0v) is 16.7. The maximum Gasteiger partial charge on any atom is 0.272 e. The van der Waals surface area contributed by atoms with Gasteiger partial charge in [0.15, 0.2) is 0 Å². The van der Waals surface area contributed by atoms with Gasteiger partial charge in [-0.05, 0) is 29.8 Å². The van der Waals surface area contributed by atoms with E-state index in [9.17, 15) is 10.1 Å². The Morgan fingerprint density at radius 2 is 2.00 bits per heavy atom. The number of rotatable bonds is 3. The number of benzene rings is 2. The number of aromatic amines is 1. The summed E-state index contributed by atoms with van der Waals surface area (Å²) in [4.78, 5) is 12.1. The van der Waals surface area contributed by atoms with Crippen molar-refractivity contribution in [3.8, 4) is 28.5 Å². The van der Waals surface area contributed by atoms with E-state index in [4.69, 9.17) is 28.9 Å². The molecule has 0 unspecified atom stereocenters. The molecule has 0 amide bonds. The van der Waals surface area contributed by atoms with Crippen LogP contribution in [0.25, 0.3) is 33.2 Å². The minimum absolute atomic E-state index is 0.180. The number of fused-ring (bicyclic) bond motifs is 1. The summed E-state index contributed by atoms with van der Waals surface area (Å²) in [5.74, 6) is 0. The number of aryl methyl sites for hydroxylation is 1. The van der Waals surface area contributed by atoms with E-state index in [1.54, 1.807) is 30.1 Å². The van der Waals surface area contributed by atoms with Gasteiger partial charge in [0.25, 0.3) is 5.56 Å². The zero-order valence-electron chi connectivity index (χ0n) is 15.2. The summed E-state index contributed by atoms with van der Waals surface area (Å²) in [6.07, 6.45) is 1.69. The molecule has 0 radical (unpaired) electrons. The van der Waals surface area contributed by atoms with Crippen LogP contribution in [0.2, 0.25) is 10.0 Å². The second-order valence-electron chi connectivity index (χ2n) is 6.42. The highest BCUT2D eigenvalue weighted by Crippen LogP contribution is 2.38. The molecule has 2 heterocycles. The summed E-state index contributed by atoms with van der Waals surface area (Å²) >= 11 is 12.4. The highest BCUT2D eigenvalue weighted by Gasteiger charge is 2.19. The molecular formula is C20H14Cl2N6O. The molecule has 3 N–H and O–H groups in total. The molecular weight excluding hydrogens is 411 g/mol. The third-order valence-electron chi connectivity index (χ3n) is 4.73. The van der Waals surface area contributed by atoms with Gasteiger partial charge >= 0.3 is 0 Å². The number of nitrogens with one attached hydrogen (secondary N) is 1. The summed E-state index contributed by atoms with van der Waals surface area (Å²) in [5, 5.41) is 22.3. The summed E-state index contributed by atoms with van der Waals surface area (Å²) in [6.45, 7) is 0.180. The third kappa shape index (κ3) is 3.17. The highest BCUT2D eigenvalue weighted by atomic mass is 35.5. The lowest BCUT2D eigenvalue weighted by atomic mass is 9.96. The van der Waals surface area contributed by atoms with Gasteiger partial charge in [0.2, 0.25) is 0 Å². The number of hydrogen-bond donors (Lipinski definition) is 2. The van der Waals surface area contributed by atoms with Crippen molar-refractivity contribution in [2.45, 2.75) is 6.54 Å². The van der Waals surface area contributed by atoms with Crippen molar-refractivity contribution in [3.05, 3.63) is 68.2 Å². The molecule has 29 heavy (non-hydrogen) atoms. The smallest absolute Gasteiger partial charge is 0.272 e. The molecule has 2 aromatic carbocycles. The lowest BCUT2D eigenvalue weighted by Crippen LogP contribution is -2.13. The van der Waals surface area contributed by atoms with E-state index in [0.717, 1.165) is 11.1 Å². The topological polar surface area (TPSA) is 113 Å². The lowest BCUT2D eigenvalue weighted by molar-refractivity contribution is 0.776. The van der Waals surface area contributed by atoms with E-state index in [1.807, 2.05) is 12.1 Å². The Hall–Kier alpha value is -3.18. The van der Waals surface area contributed by atoms with Gasteiger partial charge in [0, 0.05) is 35.1 Å². The van der Waals surface area contributed by atoms with Crippen LogP contribution < -0.4 is 11.3 Å². The maximum absolute atomic E-state index is 12.1. The van der Waals surface area contributed by atoms with Crippen molar-refractivity contribution in [2.24, 2.45) is 12.8 Å². The van der Waals surface area contributed by atoms with Crippen molar-refractivity contribution in [1.82, 2.24) is 20.0 Å². The molecule has 0 aliphatic heterocycles. The predicted octanol–water partition coefficient (Wildman–Crippen LogP) is 3.63. The van der Waals surface area contributed by atoms with E-state index >= 15 is 0 Å². The molecule has 0 aliphatic rings. The number of nitriles is 1. The molecule has 0 atom stereocenters. The standard InChI is InChI=1S/C20H14Cl2N6O/c1-28-19(14-5-11(21)6-17(22)15(14)7-23)16(9-25-28)10-2-3-12-13(4-10)18(8-24)26-27-20(12)29/h2-6,9H,8,24H2,1H3,(H,27,29). The third-order valence-corrected chi connectivity index (χ3v) is 5.25. The molecule has 4 aromatic rings. The van der Waals surface area contributed by atoms with Gasteiger partial charge in [-0.2, -0.15) is 15.5 Å².